The number of carbonyl (C=O) groups excluding carboxylic acids is 1. The fraction of sp³-hybridized carbons (Fsp3) is 0.467. The van der Waals surface area contributed by atoms with Crippen LogP contribution in [0.2, 0.25) is 0 Å². The summed E-state index contributed by atoms with van der Waals surface area (Å²) in [5.41, 5.74) is 0.790. The molecule has 1 fully saturated rings. The smallest absolute Gasteiger partial charge is 0.228 e. The molecule has 1 aromatic heterocycles. The third kappa shape index (κ3) is 4.08. The maximum atomic E-state index is 11.9. The van der Waals surface area contributed by atoms with Gasteiger partial charge >= 0.3 is 0 Å². The quantitative estimate of drug-likeness (QED) is 0.809. The molecule has 1 aromatic rings. The summed E-state index contributed by atoms with van der Waals surface area (Å²) < 4.78 is 0. The van der Waals surface area contributed by atoms with Crippen LogP contribution in [0.25, 0.3) is 0 Å². The van der Waals surface area contributed by atoms with Crippen LogP contribution in [0.3, 0.4) is 0 Å². The van der Waals surface area contributed by atoms with E-state index in [0.717, 1.165) is 18.4 Å². The first-order valence-corrected chi connectivity index (χ1v) is 6.57. The number of nitrogens with zero attached hydrogens (tertiary/aromatic N) is 1. The topological polar surface area (TPSA) is 62.2 Å². The Labute approximate surface area is 113 Å². The van der Waals surface area contributed by atoms with E-state index in [1.54, 1.807) is 18.3 Å². The van der Waals surface area contributed by atoms with E-state index in [9.17, 15) is 4.79 Å². The van der Waals surface area contributed by atoms with Gasteiger partial charge in [-0.05, 0) is 30.9 Å². The summed E-state index contributed by atoms with van der Waals surface area (Å²) in [4.78, 5) is 16.1. The summed E-state index contributed by atoms with van der Waals surface area (Å²) in [5, 5.41) is 11.5. The molecule has 4 nitrogen and oxygen atoms in total. The highest BCUT2D eigenvalue weighted by molar-refractivity contribution is 5.91. The normalized spacial score (nSPS) is 15.3. The van der Waals surface area contributed by atoms with E-state index in [2.05, 4.69) is 22.1 Å². The van der Waals surface area contributed by atoms with Crippen molar-refractivity contribution in [2.24, 2.45) is 11.8 Å². The average molecular weight is 258 g/mol. The lowest BCUT2D eigenvalue weighted by Gasteiger charge is -2.10. The zero-order valence-corrected chi connectivity index (χ0v) is 11.0. The molecule has 19 heavy (non-hydrogen) atoms. The molecular formula is C15H18N2O2. The van der Waals surface area contributed by atoms with Crippen molar-refractivity contribution in [3.05, 3.63) is 23.9 Å². The van der Waals surface area contributed by atoms with Crippen LogP contribution < -0.4 is 5.32 Å². The number of anilines is 1. The predicted octanol–water partition coefficient (Wildman–Crippen LogP) is 1.80. The summed E-state index contributed by atoms with van der Waals surface area (Å²) in [6, 6.07) is 3.53. The third-order valence-electron chi connectivity index (χ3n) is 3.22. The Hall–Kier alpha value is -1.86. The molecule has 1 heterocycles. The van der Waals surface area contributed by atoms with Crippen LogP contribution in [0.5, 0.6) is 0 Å². The average Bonchev–Trinajstić information content (AvgIpc) is 3.23. The summed E-state index contributed by atoms with van der Waals surface area (Å²) in [7, 11) is 0. The van der Waals surface area contributed by atoms with Crippen LogP contribution in [0, 0.1) is 23.7 Å². The Morgan fingerprint density at radius 2 is 2.42 bits per heavy atom. The molecule has 1 unspecified atom stereocenters. The van der Waals surface area contributed by atoms with Gasteiger partial charge in [0.05, 0.1) is 6.61 Å². The van der Waals surface area contributed by atoms with Crippen LogP contribution in [-0.4, -0.2) is 22.6 Å². The number of pyridine rings is 1. The molecule has 2 rings (SSSR count). The van der Waals surface area contributed by atoms with E-state index < -0.39 is 0 Å². The molecule has 0 aromatic carbocycles. The van der Waals surface area contributed by atoms with Crippen LogP contribution in [-0.2, 0) is 4.79 Å². The number of rotatable bonds is 4. The first-order valence-electron chi connectivity index (χ1n) is 6.57. The van der Waals surface area contributed by atoms with Crippen LogP contribution in [0.4, 0.5) is 5.82 Å². The van der Waals surface area contributed by atoms with Crippen molar-refractivity contribution in [2.45, 2.75) is 26.2 Å². The van der Waals surface area contributed by atoms with Crippen molar-refractivity contribution >= 4 is 11.7 Å². The number of hydrogen-bond donors (Lipinski definition) is 2. The molecule has 2 N–H and O–H groups in total. The molecule has 0 bridgehead atoms. The highest BCUT2D eigenvalue weighted by Crippen LogP contribution is 2.36. The van der Waals surface area contributed by atoms with E-state index in [-0.39, 0.29) is 18.4 Å². The summed E-state index contributed by atoms with van der Waals surface area (Å²) in [6.45, 7) is 2.01. The highest BCUT2D eigenvalue weighted by Gasteiger charge is 2.32. The van der Waals surface area contributed by atoms with Crippen molar-refractivity contribution in [1.82, 2.24) is 4.98 Å². The van der Waals surface area contributed by atoms with Gasteiger partial charge in [-0.3, -0.25) is 4.79 Å². The van der Waals surface area contributed by atoms with Crippen LogP contribution in [0.1, 0.15) is 31.7 Å². The predicted molar refractivity (Wildman–Crippen MR) is 73.3 cm³/mol. The molecule has 1 aliphatic rings. The Bertz CT molecular complexity index is 512. The lowest BCUT2D eigenvalue weighted by atomic mass is 10.1. The zero-order valence-electron chi connectivity index (χ0n) is 11.0. The van der Waals surface area contributed by atoms with Crippen LogP contribution >= 0.6 is 0 Å². The standard InChI is InChI=1S/C15H18N2O2/c1-11(13-5-6-13)15(19)17-14-10-12(7-8-16-14)4-2-3-9-18/h7-8,10-11,13,18H,3,5-6,9H2,1H3,(H,16,17,19). The number of nitrogens with one attached hydrogen (secondary N) is 1. The summed E-state index contributed by atoms with van der Waals surface area (Å²) in [5.74, 6) is 6.91. The summed E-state index contributed by atoms with van der Waals surface area (Å²) >= 11 is 0. The molecule has 0 saturated heterocycles. The van der Waals surface area contributed by atoms with Gasteiger partial charge in [0.1, 0.15) is 5.82 Å². The van der Waals surface area contributed by atoms with Gasteiger partial charge in [0.25, 0.3) is 0 Å². The zero-order chi connectivity index (χ0) is 13.7. The number of hydrogen-bond acceptors (Lipinski definition) is 3. The van der Waals surface area contributed by atoms with E-state index in [1.807, 2.05) is 6.92 Å². The summed E-state index contributed by atoms with van der Waals surface area (Å²) in [6.07, 6.45) is 4.37. The van der Waals surface area contributed by atoms with Gasteiger partial charge in [-0.25, -0.2) is 4.98 Å². The maximum Gasteiger partial charge on any atom is 0.228 e. The van der Waals surface area contributed by atoms with Gasteiger partial charge in [-0.15, -0.1) is 0 Å². The van der Waals surface area contributed by atoms with Crippen molar-refractivity contribution in [3.8, 4) is 11.8 Å². The van der Waals surface area contributed by atoms with E-state index >= 15 is 0 Å². The Morgan fingerprint density at radius 1 is 1.63 bits per heavy atom. The lowest BCUT2D eigenvalue weighted by Crippen LogP contribution is -2.22. The van der Waals surface area contributed by atoms with Crippen LogP contribution in [0.15, 0.2) is 18.3 Å². The SMILES string of the molecule is CC(C(=O)Nc1cc(C#CCCO)ccn1)C1CC1. The van der Waals surface area contributed by atoms with Crippen molar-refractivity contribution in [2.75, 3.05) is 11.9 Å². The van der Waals surface area contributed by atoms with Gasteiger partial charge in [0.15, 0.2) is 0 Å². The van der Waals surface area contributed by atoms with Crippen molar-refractivity contribution in [1.29, 1.82) is 0 Å². The second-order valence-corrected chi connectivity index (χ2v) is 4.82. The number of carbonyl (C=O) groups is 1. The largest absolute Gasteiger partial charge is 0.395 e. The second-order valence-electron chi connectivity index (χ2n) is 4.82. The molecular weight excluding hydrogens is 240 g/mol. The minimum Gasteiger partial charge on any atom is -0.395 e. The molecule has 1 aliphatic carbocycles. The number of amides is 1. The molecule has 0 radical (unpaired) electrons. The number of aliphatic hydroxyl groups excluding tert-OH is 1. The minimum atomic E-state index is 0.0236. The van der Waals surface area contributed by atoms with E-state index in [0.29, 0.717) is 18.2 Å². The first kappa shape index (κ1) is 13.6. The lowest BCUT2D eigenvalue weighted by molar-refractivity contribution is -0.119. The van der Waals surface area contributed by atoms with E-state index in [4.69, 9.17) is 5.11 Å². The number of aromatic nitrogens is 1. The fourth-order valence-corrected chi connectivity index (χ4v) is 1.85. The Morgan fingerprint density at radius 3 is 3.11 bits per heavy atom. The first-order chi connectivity index (χ1) is 9.20. The van der Waals surface area contributed by atoms with Gasteiger partial charge in [-0.2, -0.15) is 0 Å². The molecule has 0 spiro atoms. The fourth-order valence-electron chi connectivity index (χ4n) is 1.85. The third-order valence-corrected chi connectivity index (χ3v) is 3.22. The second kappa shape index (κ2) is 6.35. The molecule has 0 aliphatic heterocycles. The molecule has 1 amide bonds. The molecule has 1 atom stereocenters. The van der Waals surface area contributed by atoms with Gasteiger partial charge in [0.2, 0.25) is 5.91 Å². The monoisotopic (exact) mass is 258 g/mol. The Balaban J connectivity index is 1.98. The minimum absolute atomic E-state index is 0.0236. The molecule has 100 valence electrons. The van der Waals surface area contributed by atoms with E-state index in [1.165, 1.54) is 0 Å². The van der Waals surface area contributed by atoms with Crippen molar-refractivity contribution < 1.29 is 9.90 Å². The number of aliphatic hydroxyl groups is 1. The Kier molecular flexibility index (Phi) is 4.53. The molecule has 4 heteroatoms. The van der Waals surface area contributed by atoms with Gasteiger partial charge in [0, 0.05) is 24.1 Å². The van der Waals surface area contributed by atoms with Gasteiger partial charge in [-0.1, -0.05) is 18.8 Å². The highest BCUT2D eigenvalue weighted by atomic mass is 16.2. The van der Waals surface area contributed by atoms with Crippen molar-refractivity contribution in [3.63, 3.8) is 0 Å². The molecule has 1 saturated carbocycles. The maximum absolute atomic E-state index is 11.9. The van der Waals surface area contributed by atoms with Gasteiger partial charge < -0.3 is 10.4 Å².